The van der Waals surface area contributed by atoms with E-state index in [9.17, 15) is 4.79 Å². The fraction of sp³-hybridized carbons (Fsp3) is 0.348. The lowest BCUT2D eigenvalue weighted by molar-refractivity contribution is 0.0950. The molecule has 2 aromatic heterocycles. The molecule has 7 heteroatoms. The minimum absolute atomic E-state index is 0.121. The maximum Gasteiger partial charge on any atom is 0.254 e. The standard InChI is InChI=1S/C23H27N3O3S/c1-15(2)28-19-9-7-18(8-10-19)11-13-24-22(27)20-6-5-12-25-23(20)30-14-21-16(3)26-29-17(21)4/h5-10,12,15H,11,13-14H2,1-4H3,(H,24,27). The first-order chi connectivity index (χ1) is 14.4. The fourth-order valence-electron chi connectivity index (χ4n) is 2.95. The van der Waals surface area contributed by atoms with Crippen molar-refractivity contribution in [1.29, 1.82) is 0 Å². The van der Waals surface area contributed by atoms with E-state index in [-0.39, 0.29) is 12.0 Å². The average molecular weight is 426 g/mol. The van der Waals surface area contributed by atoms with Crippen molar-refractivity contribution in [3.8, 4) is 5.75 Å². The maximum absolute atomic E-state index is 12.7. The summed E-state index contributed by atoms with van der Waals surface area (Å²) in [5.41, 5.74) is 3.63. The monoisotopic (exact) mass is 425 g/mol. The number of benzene rings is 1. The summed E-state index contributed by atoms with van der Waals surface area (Å²) < 4.78 is 10.9. The van der Waals surface area contributed by atoms with Crippen molar-refractivity contribution in [2.24, 2.45) is 0 Å². The number of hydrogen-bond donors (Lipinski definition) is 1. The number of hydrogen-bond acceptors (Lipinski definition) is 6. The Morgan fingerprint density at radius 3 is 2.63 bits per heavy atom. The van der Waals surface area contributed by atoms with E-state index in [4.69, 9.17) is 9.26 Å². The summed E-state index contributed by atoms with van der Waals surface area (Å²) in [6.07, 6.45) is 2.60. The van der Waals surface area contributed by atoms with Gasteiger partial charge in [0.25, 0.3) is 5.91 Å². The molecule has 0 aliphatic carbocycles. The molecule has 1 amide bonds. The Bertz CT molecular complexity index is 964. The molecule has 0 aliphatic heterocycles. The van der Waals surface area contributed by atoms with E-state index in [1.807, 2.05) is 52.0 Å². The first-order valence-electron chi connectivity index (χ1n) is 9.97. The molecule has 0 saturated heterocycles. The van der Waals surface area contributed by atoms with E-state index in [0.717, 1.165) is 34.8 Å². The number of amides is 1. The molecule has 1 aromatic carbocycles. The molecule has 6 nitrogen and oxygen atoms in total. The molecule has 0 radical (unpaired) electrons. The minimum Gasteiger partial charge on any atom is -0.491 e. The van der Waals surface area contributed by atoms with E-state index in [1.165, 1.54) is 11.8 Å². The lowest BCUT2D eigenvalue weighted by atomic mass is 10.1. The zero-order chi connectivity index (χ0) is 21.5. The molecule has 0 fully saturated rings. The second kappa shape index (κ2) is 10.3. The summed E-state index contributed by atoms with van der Waals surface area (Å²) in [4.78, 5) is 17.1. The molecule has 0 unspecified atom stereocenters. The van der Waals surface area contributed by atoms with Crippen LogP contribution in [0.5, 0.6) is 5.75 Å². The predicted molar refractivity (Wildman–Crippen MR) is 118 cm³/mol. The highest BCUT2D eigenvalue weighted by Gasteiger charge is 2.15. The molecule has 2 heterocycles. The molecule has 0 bridgehead atoms. The van der Waals surface area contributed by atoms with Crippen LogP contribution in [0, 0.1) is 13.8 Å². The summed E-state index contributed by atoms with van der Waals surface area (Å²) >= 11 is 1.51. The van der Waals surface area contributed by atoms with E-state index in [2.05, 4.69) is 15.5 Å². The molecule has 30 heavy (non-hydrogen) atoms. The second-order valence-electron chi connectivity index (χ2n) is 7.26. The van der Waals surface area contributed by atoms with Crippen molar-refractivity contribution in [1.82, 2.24) is 15.5 Å². The Balaban J connectivity index is 1.55. The zero-order valence-electron chi connectivity index (χ0n) is 17.8. The molecule has 0 atom stereocenters. The topological polar surface area (TPSA) is 77.2 Å². The van der Waals surface area contributed by atoms with Crippen LogP contribution >= 0.6 is 11.8 Å². The third-order valence-corrected chi connectivity index (χ3v) is 5.58. The van der Waals surface area contributed by atoms with Gasteiger partial charge in [0.15, 0.2) is 0 Å². The normalized spacial score (nSPS) is 11.0. The number of ether oxygens (including phenoxy) is 1. The zero-order valence-corrected chi connectivity index (χ0v) is 18.6. The Morgan fingerprint density at radius 1 is 1.20 bits per heavy atom. The first kappa shape index (κ1) is 21.9. The fourth-order valence-corrected chi connectivity index (χ4v) is 4.09. The van der Waals surface area contributed by atoms with Gasteiger partial charge in [0, 0.05) is 24.1 Å². The van der Waals surface area contributed by atoms with Gasteiger partial charge in [-0.05, 0) is 63.9 Å². The molecule has 3 aromatic rings. The predicted octanol–water partition coefficient (Wildman–Crippen LogP) is 4.74. The molecule has 0 aliphatic rings. The summed E-state index contributed by atoms with van der Waals surface area (Å²) in [6, 6.07) is 11.6. The Kier molecular flexibility index (Phi) is 7.52. The van der Waals surface area contributed by atoms with Crippen molar-refractivity contribution in [3.05, 3.63) is 70.7 Å². The number of carbonyl (C=O) groups is 1. The van der Waals surface area contributed by atoms with Crippen molar-refractivity contribution in [3.63, 3.8) is 0 Å². The van der Waals surface area contributed by atoms with E-state index < -0.39 is 0 Å². The van der Waals surface area contributed by atoms with Gasteiger partial charge in [-0.25, -0.2) is 4.98 Å². The van der Waals surface area contributed by atoms with E-state index in [0.29, 0.717) is 22.9 Å². The largest absolute Gasteiger partial charge is 0.491 e. The minimum atomic E-state index is -0.121. The van der Waals surface area contributed by atoms with Crippen LogP contribution in [-0.4, -0.2) is 28.7 Å². The van der Waals surface area contributed by atoms with Gasteiger partial charge in [-0.2, -0.15) is 0 Å². The number of thioether (sulfide) groups is 1. The van der Waals surface area contributed by atoms with Gasteiger partial charge >= 0.3 is 0 Å². The lowest BCUT2D eigenvalue weighted by Gasteiger charge is -2.11. The summed E-state index contributed by atoms with van der Waals surface area (Å²) in [7, 11) is 0. The van der Waals surface area contributed by atoms with Crippen LogP contribution < -0.4 is 10.1 Å². The number of nitrogens with one attached hydrogen (secondary N) is 1. The van der Waals surface area contributed by atoms with Gasteiger partial charge < -0.3 is 14.6 Å². The Hall–Kier alpha value is -2.80. The van der Waals surface area contributed by atoms with Gasteiger partial charge in [-0.1, -0.05) is 17.3 Å². The molecular weight excluding hydrogens is 398 g/mol. The van der Waals surface area contributed by atoms with Crippen LogP contribution in [0.15, 0.2) is 52.1 Å². The Morgan fingerprint density at radius 2 is 1.97 bits per heavy atom. The molecule has 1 N–H and O–H groups in total. The van der Waals surface area contributed by atoms with Gasteiger partial charge in [0.1, 0.15) is 16.5 Å². The van der Waals surface area contributed by atoms with Crippen molar-refractivity contribution >= 4 is 17.7 Å². The first-order valence-corrected chi connectivity index (χ1v) is 11.0. The smallest absolute Gasteiger partial charge is 0.254 e. The quantitative estimate of drug-likeness (QED) is 0.499. The SMILES string of the molecule is Cc1noc(C)c1CSc1ncccc1C(=O)NCCc1ccc(OC(C)C)cc1. The maximum atomic E-state index is 12.7. The molecule has 158 valence electrons. The van der Waals surface area contributed by atoms with Crippen LogP contribution in [0.3, 0.4) is 0 Å². The Labute approximate surface area is 181 Å². The summed E-state index contributed by atoms with van der Waals surface area (Å²) in [5.74, 6) is 2.19. The highest BCUT2D eigenvalue weighted by Crippen LogP contribution is 2.27. The van der Waals surface area contributed by atoms with Crippen molar-refractivity contribution in [2.45, 2.75) is 51.0 Å². The third kappa shape index (κ3) is 5.86. The molecule has 3 rings (SSSR count). The average Bonchev–Trinajstić information content (AvgIpc) is 3.05. The molecule has 0 saturated carbocycles. The second-order valence-corrected chi connectivity index (χ2v) is 8.23. The lowest BCUT2D eigenvalue weighted by Crippen LogP contribution is -2.26. The summed E-state index contributed by atoms with van der Waals surface area (Å²) in [5, 5.41) is 7.67. The highest BCUT2D eigenvalue weighted by atomic mass is 32.2. The van der Waals surface area contributed by atoms with Crippen LogP contribution in [0.25, 0.3) is 0 Å². The van der Waals surface area contributed by atoms with Crippen LogP contribution in [-0.2, 0) is 12.2 Å². The molecular formula is C23H27N3O3S. The third-order valence-electron chi connectivity index (χ3n) is 4.54. The number of rotatable bonds is 9. The van der Waals surface area contributed by atoms with E-state index >= 15 is 0 Å². The van der Waals surface area contributed by atoms with E-state index in [1.54, 1.807) is 18.3 Å². The van der Waals surface area contributed by atoms with Crippen molar-refractivity contribution < 1.29 is 14.1 Å². The van der Waals surface area contributed by atoms with Gasteiger partial charge in [-0.3, -0.25) is 4.79 Å². The van der Waals surface area contributed by atoms with Crippen LogP contribution in [0.2, 0.25) is 0 Å². The van der Waals surface area contributed by atoms with Crippen LogP contribution in [0.4, 0.5) is 0 Å². The van der Waals surface area contributed by atoms with Gasteiger partial charge in [0.05, 0.1) is 17.4 Å². The van der Waals surface area contributed by atoms with Crippen molar-refractivity contribution in [2.75, 3.05) is 6.54 Å². The number of carbonyl (C=O) groups excluding carboxylic acids is 1. The number of pyridine rings is 1. The number of nitrogens with zero attached hydrogens (tertiary/aromatic N) is 2. The van der Waals surface area contributed by atoms with Gasteiger partial charge in [-0.15, -0.1) is 11.8 Å². The highest BCUT2D eigenvalue weighted by molar-refractivity contribution is 7.98. The number of aromatic nitrogens is 2. The molecule has 0 spiro atoms. The number of aryl methyl sites for hydroxylation is 2. The van der Waals surface area contributed by atoms with Gasteiger partial charge in [0.2, 0.25) is 0 Å². The summed E-state index contributed by atoms with van der Waals surface area (Å²) in [6.45, 7) is 8.36. The van der Waals surface area contributed by atoms with Crippen LogP contribution in [0.1, 0.15) is 46.8 Å².